The van der Waals surface area contributed by atoms with Crippen LogP contribution in [0.5, 0.6) is 0 Å². The highest BCUT2D eigenvalue weighted by atomic mass is 32.2. The number of nitrogens with zero attached hydrogens (tertiary/aromatic N) is 4. The van der Waals surface area contributed by atoms with Crippen molar-refractivity contribution >= 4 is 42.4 Å². The van der Waals surface area contributed by atoms with Gasteiger partial charge < -0.3 is 23.9 Å². The second-order valence-corrected chi connectivity index (χ2v) is 24.2. The van der Waals surface area contributed by atoms with Crippen LogP contribution in [0, 0.1) is 5.92 Å². The molecule has 2 amide bonds. The monoisotopic (exact) mass is 814 g/mol. The van der Waals surface area contributed by atoms with Crippen molar-refractivity contribution < 1.29 is 45.6 Å². The van der Waals surface area contributed by atoms with Crippen molar-refractivity contribution in [2.45, 2.75) is 121 Å². The number of alkyl halides is 5. The van der Waals surface area contributed by atoms with Gasteiger partial charge >= 0.3 is 6.18 Å². The van der Waals surface area contributed by atoms with Gasteiger partial charge in [-0.2, -0.15) is 13.2 Å². The number of imide groups is 1. The number of nitrogens with one attached hydrogen (secondary N) is 2. The fraction of sp³-hybridized carbons (Fsp3) is 0.622. The Hall–Kier alpha value is -3.00. The van der Waals surface area contributed by atoms with Crippen LogP contribution >= 0.6 is 0 Å². The van der Waals surface area contributed by atoms with Gasteiger partial charge in [-0.3, -0.25) is 14.5 Å². The van der Waals surface area contributed by atoms with Gasteiger partial charge in [0, 0.05) is 26.0 Å². The van der Waals surface area contributed by atoms with Crippen LogP contribution in [0.2, 0.25) is 25.7 Å². The Morgan fingerprint density at radius 1 is 0.982 bits per heavy atom. The number of carbonyl (C=O) groups is 2. The number of hydrogen-bond donors (Lipinski definition) is 2. The predicted octanol–water partition coefficient (Wildman–Crippen LogP) is 7.16. The number of hydrogen-bond acceptors (Lipinski definition) is 9. The van der Waals surface area contributed by atoms with Crippen molar-refractivity contribution in [3.63, 3.8) is 0 Å². The van der Waals surface area contributed by atoms with E-state index in [1.54, 1.807) is 49.6 Å². The highest BCUT2D eigenvalue weighted by Crippen LogP contribution is 2.41. The molecule has 1 aromatic carbocycles. The molecule has 0 unspecified atom stereocenters. The summed E-state index contributed by atoms with van der Waals surface area (Å²) in [5, 5.41) is 2.93. The molecule has 2 aromatic heterocycles. The highest BCUT2D eigenvalue weighted by Gasteiger charge is 2.45. The second-order valence-electron chi connectivity index (χ2n) is 16.6. The van der Waals surface area contributed by atoms with Crippen LogP contribution in [0.25, 0.3) is 11.2 Å². The lowest BCUT2D eigenvalue weighted by molar-refractivity contribution is -0.227. The number of benzene rings is 1. The van der Waals surface area contributed by atoms with Crippen molar-refractivity contribution in [2.24, 2.45) is 5.92 Å². The fourth-order valence-corrected chi connectivity index (χ4v) is 7.76. The maximum absolute atomic E-state index is 15.5. The Morgan fingerprint density at radius 2 is 1.60 bits per heavy atom. The van der Waals surface area contributed by atoms with E-state index in [0.717, 1.165) is 25.8 Å². The van der Waals surface area contributed by atoms with Gasteiger partial charge in [-0.1, -0.05) is 31.8 Å². The normalized spacial score (nSPS) is 18.5. The molecule has 2 N–H and O–H groups in total. The first kappa shape index (κ1) is 43.1. The predicted molar refractivity (Wildman–Crippen MR) is 202 cm³/mol. The van der Waals surface area contributed by atoms with Gasteiger partial charge in [0.2, 0.25) is 0 Å². The largest absolute Gasteiger partial charge is 0.598 e. The van der Waals surface area contributed by atoms with Crippen LogP contribution in [-0.4, -0.2) is 92.6 Å². The van der Waals surface area contributed by atoms with E-state index in [1.165, 1.54) is 19.1 Å². The number of fused-ring (bicyclic) bond motifs is 2. The summed E-state index contributed by atoms with van der Waals surface area (Å²) in [6, 6.07) is 8.51. The lowest BCUT2D eigenvalue weighted by Gasteiger charge is -2.32. The number of ether oxygens (including phenoxy) is 2. The van der Waals surface area contributed by atoms with E-state index >= 15 is 8.78 Å². The quantitative estimate of drug-likeness (QED) is 0.0451. The average molecular weight is 815 g/mol. The first-order valence-corrected chi connectivity index (χ1v) is 23.2. The maximum atomic E-state index is 15.5. The number of pyridine rings is 1. The number of imidazole rings is 1. The van der Waals surface area contributed by atoms with Gasteiger partial charge in [0.25, 0.3) is 17.7 Å². The molecule has 0 spiro atoms. The van der Waals surface area contributed by atoms with Crippen LogP contribution < -0.4 is 10.0 Å². The standard InChI is InChI=1S/C37H51F5N6O5SSi/c1-22(53-23(2)37(40,41)42)29(46-54(51)35(3,4)5)32-45-31-28(48(32)21-52-17-18-55(6,7)8)16-15-27(44-31)30(24-13-14-24)43-19-36(38,39)20-47-33(49)25-11-9-10-12-26(25)34(47)50/h9-12,15-16,22-24,29-30,43,46H,13-14,17-21H2,1-8H3/t22-,23-,29+,30-,54-/m1/s1. The van der Waals surface area contributed by atoms with E-state index in [2.05, 4.69) is 29.7 Å². The van der Waals surface area contributed by atoms with Crippen molar-refractivity contribution in [3.8, 4) is 0 Å². The first-order valence-electron chi connectivity index (χ1n) is 18.4. The molecule has 3 aromatic rings. The first-order chi connectivity index (χ1) is 25.5. The zero-order valence-corrected chi connectivity index (χ0v) is 34.2. The number of rotatable bonds is 18. The van der Waals surface area contributed by atoms with Crippen molar-refractivity contribution in [1.29, 1.82) is 0 Å². The van der Waals surface area contributed by atoms with Crippen LogP contribution in [0.4, 0.5) is 22.0 Å². The summed E-state index contributed by atoms with van der Waals surface area (Å²) in [7, 11) is -1.48. The van der Waals surface area contributed by atoms with Gasteiger partial charge in [-0.05, 0) is 83.7 Å². The lowest BCUT2D eigenvalue weighted by Crippen LogP contribution is -2.47. The zero-order chi connectivity index (χ0) is 40.7. The summed E-state index contributed by atoms with van der Waals surface area (Å²) in [6.07, 6.45) is -6.45. The third kappa shape index (κ3) is 10.7. The summed E-state index contributed by atoms with van der Waals surface area (Å²) in [5.74, 6) is -4.84. The fourth-order valence-electron chi connectivity index (χ4n) is 6.12. The minimum atomic E-state index is -4.65. The molecule has 1 aliphatic carbocycles. The third-order valence-electron chi connectivity index (χ3n) is 9.56. The SMILES string of the molecule is C[C@@H](O[C@H](C)C(F)(F)F)[C@H](N[S@+]([O-])C(C)(C)C)c1nc2nc([C@H](NCC(F)(F)CN3C(=O)c4ccccc4C3=O)C3CC3)ccc2n1COCC[Si](C)(C)C. The van der Waals surface area contributed by atoms with E-state index in [-0.39, 0.29) is 35.2 Å². The van der Waals surface area contributed by atoms with Gasteiger partial charge in [-0.25, -0.2) is 18.7 Å². The molecule has 5 rings (SSSR count). The molecule has 5 atom stereocenters. The molecule has 11 nitrogen and oxygen atoms in total. The van der Waals surface area contributed by atoms with Gasteiger partial charge in [-0.15, -0.1) is 4.72 Å². The summed E-state index contributed by atoms with van der Waals surface area (Å²) in [4.78, 5) is 35.7. The Balaban J connectivity index is 1.45. The van der Waals surface area contributed by atoms with Crippen LogP contribution in [0.15, 0.2) is 36.4 Å². The Labute approximate surface area is 322 Å². The Morgan fingerprint density at radius 3 is 2.15 bits per heavy atom. The summed E-state index contributed by atoms with van der Waals surface area (Å²) in [6.45, 7) is 12.6. The van der Waals surface area contributed by atoms with Crippen molar-refractivity contribution in [2.75, 3.05) is 19.7 Å². The third-order valence-corrected chi connectivity index (χ3v) is 12.8. The lowest BCUT2D eigenvalue weighted by atomic mass is 10.1. The number of amides is 2. The number of carbonyl (C=O) groups excluding carboxylic acids is 2. The molecule has 1 aliphatic heterocycles. The Kier molecular flexibility index (Phi) is 12.9. The van der Waals surface area contributed by atoms with Crippen molar-refractivity contribution in [3.05, 3.63) is 59.0 Å². The summed E-state index contributed by atoms with van der Waals surface area (Å²) < 4.78 is 101. The maximum Gasteiger partial charge on any atom is 0.414 e. The van der Waals surface area contributed by atoms with Crippen LogP contribution in [0.3, 0.4) is 0 Å². The minimum absolute atomic E-state index is 0.0209. The zero-order valence-electron chi connectivity index (χ0n) is 32.4. The molecular formula is C37H51F5N6O5SSi. The topological polar surface area (TPSA) is 134 Å². The molecule has 2 aliphatic rings. The molecule has 1 saturated carbocycles. The van der Waals surface area contributed by atoms with E-state index in [9.17, 15) is 27.3 Å². The molecule has 55 heavy (non-hydrogen) atoms. The highest BCUT2D eigenvalue weighted by molar-refractivity contribution is 7.90. The van der Waals surface area contributed by atoms with Gasteiger partial charge in [0.15, 0.2) is 11.8 Å². The van der Waals surface area contributed by atoms with Gasteiger partial charge in [0.05, 0.1) is 47.6 Å². The minimum Gasteiger partial charge on any atom is -0.598 e. The average Bonchev–Trinajstić information content (AvgIpc) is 3.82. The van der Waals surface area contributed by atoms with Gasteiger partial charge in [0.1, 0.15) is 23.3 Å². The molecule has 0 bridgehead atoms. The molecule has 3 heterocycles. The Bertz CT molecular complexity index is 1810. The molecule has 304 valence electrons. The van der Waals surface area contributed by atoms with E-state index in [0.29, 0.717) is 22.7 Å². The number of aromatic nitrogens is 3. The molecule has 0 saturated heterocycles. The summed E-state index contributed by atoms with van der Waals surface area (Å²) in [5.41, 5.74) is 1.25. The smallest absolute Gasteiger partial charge is 0.414 e. The number of halogens is 5. The van der Waals surface area contributed by atoms with Crippen molar-refractivity contribution in [1.82, 2.24) is 29.5 Å². The molecule has 18 heteroatoms. The van der Waals surface area contributed by atoms with Crippen LogP contribution in [-0.2, 0) is 27.6 Å². The van der Waals surface area contributed by atoms with E-state index in [4.69, 9.17) is 19.4 Å². The van der Waals surface area contributed by atoms with E-state index < -0.39 is 85.5 Å². The van der Waals surface area contributed by atoms with E-state index in [1.807, 2.05) is 0 Å². The molecule has 1 fully saturated rings. The van der Waals surface area contributed by atoms with Crippen LogP contribution in [0.1, 0.15) is 91.8 Å². The molecule has 0 radical (unpaired) electrons. The summed E-state index contributed by atoms with van der Waals surface area (Å²) >= 11 is -1.76. The molecular weight excluding hydrogens is 764 g/mol. The second kappa shape index (κ2) is 16.5.